The molecule has 1 amide bonds. The van der Waals surface area contributed by atoms with Crippen molar-refractivity contribution in [3.8, 4) is 0 Å². The summed E-state index contributed by atoms with van der Waals surface area (Å²) in [6, 6.07) is 0. The number of carbonyl (C=O) groups excluding carboxylic acids is 2. The first kappa shape index (κ1) is 23.9. The standard InChI is InChI=1S/C22H41NO4/c1-9-26-21(8)12-10-13-22(15-16-24,17(21)11-14-19(2,3)4)23-18(25)27-20(5,6)7/h16-17H,9-15H2,1-8H3,(H,23,25). The zero-order valence-corrected chi connectivity index (χ0v) is 18.7. The molecule has 3 unspecified atom stereocenters. The van der Waals surface area contributed by atoms with Crippen LogP contribution < -0.4 is 5.32 Å². The van der Waals surface area contributed by atoms with Crippen molar-refractivity contribution in [2.45, 2.75) is 111 Å². The van der Waals surface area contributed by atoms with Crippen LogP contribution in [0.4, 0.5) is 4.79 Å². The number of carbonyl (C=O) groups is 2. The Bertz CT molecular complexity index is 501. The van der Waals surface area contributed by atoms with Crippen molar-refractivity contribution >= 4 is 12.4 Å². The van der Waals surface area contributed by atoms with Crippen molar-refractivity contribution in [3.05, 3.63) is 0 Å². The van der Waals surface area contributed by atoms with Gasteiger partial charge in [0.05, 0.1) is 11.1 Å². The van der Waals surface area contributed by atoms with E-state index in [1.807, 2.05) is 27.7 Å². The molecule has 0 saturated heterocycles. The fraction of sp³-hybridized carbons (Fsp3) is 0.909. The van der Waals surface area contributed by atoms with E-state index in [1.165, 1.54) is 0 Å². The summed E-state index contributed by atoms with van der Waals surface area (Å²) >= 11 is 0. The minimum absolute atomic E-state index is 0.0515. The molecular weight excluding hydrogens is 342 g/mol. The fourth-order valence-corrected chi connectivity index (χ4v) is 4.45. The van der Waals surface area contributed by atoms with Crippen molar-refractivity contribution in [3.63, 3.8) is 0 Å². The van der Waals surface area contributed by atoms with E-state index in [0.29, 0.717) is 6.61 Å². The third-order valence-corrected chi connectivity index (χ3v) is 5.55. The van der Waals surface area contributed by atoms with Gasteiger partial charge >= 0.3 is 6.09 Å². The van der Waals surface area contributed by atoms with E-state index in [4.69, 9.17) is 9.47 Å². The molecule has 3 atom stereocenters. The normalized spacial score (nSPS) is 29.3. The van der Waals surface area contributed by atoms with Crippen LogP contribution in [-0.2, 0) is 14.3 Å². The molecule has 1 aliphatic rings. The van der Waals surface area contributed by atoms with E-state index in [1.54, 1.807) is 0 Å². The lowest BCUT2D eigenvalue weighted by atomic mass is 9.61. The third kappa shape index (κ3) is 7.10. The van der Waals surface area contributed by atoms with E-state index < -0.39 is 17.2 Å². The number of hydrogen-bond donors (Lipinski definition) is 1. The number of alkyl carbamates (subject to hydrolysis) is 1. The van der Waals surface area contributed by atoms with Crippen molar-refractivity contribution in [1.29, 1.82) is 0 Å². The summed E-state index contributed by atoms with van der Waals surface area (Å²) in [5.41, 5.74) is -1.40. The molecule has 0 spiro atoms. The molecule has 1 aliphatic carbocycles. The lowest BCUT2D eigenvalue weighted by Crippen LogP contribution is -2.64. The molecule has 1 N–H and O–H groups in total. The first-order chi connectivity index (χ1) is 12.3. The van der Waals surface area contributed by atoms with Crippen molar-refractivity contribution in [2.24, 2.45) is 11.3 Å². The molecule has 0 aliphatic heterocycles. The summed E-state index contributed by atoms with van der Waals surface area (Å²) in [7, 11) is 0. The Morgan fingerprint density at radius 3 is 2.30 bits per heavy atom. The monoisotopic (exact) mass is 383 g/mol. The maximum absolute atomic E-state index is 12.6. The van der Waals surface area contributed by atoms with Gasteiger partial charge in [0.15, 0.2) is 0 Å². The number of ether oxygens (including phenoxy) is 2. The Kier molecular flexibility index (Phi) is 7.92. The summed E-state index contributed by atoms with van der Waals surface area (Å²) in [6.07, 6.45) is 5.26. The zero-order valence-electron chi connectivity index (χ0n) is 18.7. The molecule has 5 nitrogen and oxygen atoms in total. The second kappa shape index (κ2) is 8.93. The highest BCUT2D eigenvalue weighted by Gasteiger charge is 2.53. The van der Waals surface area contributed by atoms with Gasteiger partial charge in [-0.3, -0.25) is 0 Å². The fourth-order valence-electron chi connectivity index (χ4n) is 4.45. The molecule has 5 heteroatoms. The Hall–Kier alpha value is -1.10. The van der Waals surface area contributed by atoms with Crippen molar-refractivity contribution in [2.75, 3.05) is 6.61 Å². The average Bonchev–Trinajstić information content (AvgIpc) is 2.43. The lowest BCUT2D eigenvalue weighted by molar-refractivity contribution is -0.134. The van der Waals surface area contributed by atoms with Crippen LogP contribution in [0.25, 0.3) is 0 Å². The summed E-state index contributed by atoms with van der Waals surface area (Å²) in [5, 5.41) is 3.12. The Balaban J connectivity index is 3.23. The molecule has 0 bridgehead atoms. The summed E-state index contributed by atoms with van der Waals surface area (Å²) in [6.45, 7) is 17.0. The SMILES string of the molecule is CCOC1(C)CCCC(CC=O)(NC(=O)OC(C)(C)C)C1CCC(C)(C)C. The van der Waals surface area contributed by atoms with E-state index >= 15 is 0 Å². The van der Waals surface area contributed by atoms with Crippen LogP contribution in [0.15, 0.2) is 0 Å². The van der Waals surface area contributed by atoms with E-state index in [0.717, 1.165) is 38.4 Å². The predicted molar refractivity (Wildman–Crippen MR) is 109 cm³/mol. The molecule has 158 valence electrons. The largest absolute Gasteiger partial charge is 0.444 e. The highest BCUT2D eigenvalue weighted by Crippen LogP contribution is 2.48. The number of rotatable bonds is 7. The van der Waals surface area contributed by atoms with E-state index in [9.17, 15) is 9.59 Å². The second-order valence-corrected chi connectivity index (χ2v) is 10.4. The summed E-state index contributed by atoms with van der Waals surface area (Å²) in [5.74, 6) is 0.0515. The number of nitrogens with one attached hydrogen (secondary N) is 1. The van der Waals surface area contributed by atoms with Crippen LogP contribution in [0.3, 0.4) is 0 Å². The maximum Gasteiger partial charge on any atom is 0.408 e. The van der Waals surface area contributed by atoms with Gasteiger partial charge in [-0.2, -0.15) is 0 Å². The molecule has 1 fully saturated rings. The topological polar surface area (TPSA) is 64.6 Å². The molecule has 0 aromatic carbocycles. The minimum atomic E-state index is -0.627. The van der Waals surface area contributed by atoms with Crippen LogP contribution in [0, 0.1) is 11.3 Å². The lowest BCUT2D eigenvalue weighted by Gasteiger charge is -2.53. The first-order valence-electron chi connectivity index (χ1n) is 10.4. The summed E-state index contributed by atoms with van der Waals surface area (Å²) in [4.78, 5) is 24.3. The molecule has 0 aromatic rings. The van der Waals surface area contributed by atoms with Gasteiger partial charge in [-0.15, -0.1) is 0 Å². The highest BCUT2D eigenvalue weighted by molar-refractivity contribution is 5.70. The Labute approximate surface area is 165 Å². The number of hydrogen-bond acceptors (Lipinski definition) is 4. The van der Waals surface area contributed by atoms with Gasteiger partial charge in [-0.25, -0.2) is 4.79 Å². The van der Waals surface area contributed by atoms with Crippen LogP contribution in [0.5, 0.6) is 0 Å². The minimum Gasteiger partial charge on any atom is -0.444 e. The first-order valence-corrected chi connectivity index (χ1v) is 10.4. The molecule has 1 saturated carbocycles. The maximum atomic E-state index is 12.6. The molecule has 0 radical (unpaired) electrons. The van der Waals surface area contributed by atoms with E-state index in [2.05, 4.69) is 33.0 Å². The van der Waals surface area contributed by atoms with Gasteiger partial charge < -0.3 is 19.6 Å². The Morgan fingerprint density at radius 1 is 1.19 bits per heavy atom. The zero-order chi connectivity index (χ0) is 20.9. The van der Waals surface area contributed by atoms with E-state index in [-0.39, 0.29) is 23.4 Å². The van der Waals surface area contributed by atoms with Crippen LogP contribution in [-0.4, -0.2) is 35.7 Å². The smallest absolute Gasteiger partial charge is 0.408 e. The second-order valence-electron chi connectivity index (χ2n) is 10.4. The van der Waals surface area contributed by atoms with Crippen LogP contribution in [0.2, 0.25) is 0 Å². The molecule has 0 heterocycles. The van der Waals surface area contributed by atoms with Gasteiger partial charge in [0.25, 0.3) is 0 Å². The number of amides is 1. The molecule has 1 rings (SSSR count). The van der Waals surface area contributed by atoms with Crippen molar-refractivity contribution < 1.29 is 19.1 Å². The highest BCUT2D eigenvalue weighted by atomic mass is 16.6. The molecule has 0 aromatic heterocycles. The molecule has 27 heavy (non-hydrogen) atoms. The number of aldehydes is 1. The third-order valence-electron chi connectivity index (χ3n) is 5.55. The molecular formula is C22H41NO4. The van der Waals surface area contributed by atoms with Gasteiger partial charge in [-0.1, -0.05) is 20.8 Å². The van der Waals surface area contributed by atoms with Crippen molar-refractivity contribution in [1.82, 2.24) is 5.32 Å². The quantitative estimate of drug-likeness (QED) is 0.609. The van der Waals surface area contributed by atoms with Gasteiger partial charge in [0.1, 0.15) is 11.9 Å². The average molecular weight is 384 g/mol. The van der Waals surface area contributed by atoms with Crippen LogP contribution >= 0.6 is 0 Å². The van der Waals surface area contributed by atoms with Gasteiger partial charge in [0.2, 0.25) is 0 Å². The van der Waals surface area contributed by atoms with Gasteiger partial charge in [-0.05, 0) is 72.1 Å². The van der Waals surface area contributed by atoms with Gasteiger partial charge in [0, 0.05) is 18.9 Å². The predicted octanol–water partition coefficient (Wildman–Crippen LogP) is 5.26. The Morgan fingerprint density at radius 2 is 1.81 bits per heavy atom. The van der Waals surface area contributed by atoms with Crippen LogP contribution in [0.1, 0.15) is 93.9 Å². The summed E-state index contributed by atoms with van der Waals surface area (Å²) < 4.78 is 11.8.